The maximum Gasteiger partial charge on any atom is 0.202 e. The van der Waals surface area contributed by atoms with Gasteiger partial charge in [-0.15, -0.1) is 0 Å². The number of nitrogens with zero attached hydrogens (tertiary/aromatic N) is 3. The van der Waals surface area contributed by atoms with E-state index in [0.717, 1.165) is 37.7 Å². The Hall–Kier alpha value is -2.37. The third kappa shape index (κ3) is 2.59. The Labute approximate surface area is 157 Å². The molecular formula is C21H21N3OS. The van der Waals surface area contributed by atoms with Crippen molar-refractivity contribution < 1.29 is 4.55 Å². The molecule has 132 valence electrons. The molecule has 3 heterocycles. The molecule has 0 saturated heterocycles. The molecule has 0 bridgehead atoms. The summed E-state index contributed by atoms with van der Waals surface area (Å²) in [5.41, 5.74) is 6.58. The third-order valence-corrected chi connectivity index (χ3v) is 6.02. The van der Waals surface area contributed by atoms with Crippen LogP contribution in [0.2, 0.25) is 0 Å². The molecule has 0 fully saturated rings. The van der Waals surface area contributed by atoms with Crippen molar-refractivity contribution in [1.82, 2.24) is 9.97 Å². The fraction of sp³-hybridized carbons (Fsp3) is 0.238. The minimum Gasteiger partial charge on any atom is -0.606 e. The van der Waals surface area contributed by atoms with Gasteiger partial charge in [-0.25, -0.2) is 9.97 Å². The van der Waals surface area contributed by atoms with Gasteiger partial charge in [0, 0.05) is 35.7 Å². The highest BCUT2D eigenvalue weighted by molar-refractivity contribution is 7.92. The zero-order chi connectivity index (χ0) is 18.6. The maximum atomic E-state index is 13.2. The van der Waals surface area contributed by atoms with Crippen LogP contribution in [0.3, 0.4) is 0 Å². The van der Waals surface area contributed by atoms with Crippen LogP contribution < -0.4 is 4.90 Å². The molecular weight excluding hydrogens is 342 g/mol. The molecule has 0 spiro atoms. The molecule has 0 atom stereocenters. The summed E-state index contributed by atoms with van der Waals surface area (Å²) in [4.78, 5) is 12.8. The van der Waals surface area contributed by atoms with E-state index in [1.165, 1.54) is 5.56 Å². The lowest BCUT2D eigenvalue weighted by Crippen LogP contribution is -2.26. The van der Waals surface area contributed by atoms with Gasteiger partial charge in [-0.2, -0.15) is 0 Å². The molecule has 0 radical (unpaired) electrons. The molecule has 0 aliphatic carbocycles. The minimum atomic E-state index is -1.29. The second-order valence-electron chi connectivity index (χ2n) is 7.02. The average molecular weight is 363 g/mol. The van der Waals surface area contributed by atoms with Gasteiger partial charge in [-0.3, -0.25) is 4.90 Å². The number of hydrogen-bond donors (Lipinski definition) is 0. The molecule has 1 aromatic carbocycles. The van der Waals surface area contributed by atoms with Crippen LogP contribution in [-0.2, 0) is 11.2 Å². The van der Waals surface area contributed by atoms with E-state index in [1.54, 1.807) is 0 Å². The van der Waals surface area contributed by atoms with Crippen LogP contribution in [0.25, 0.3) is 0 Å². The molecule has 0 saturated carbocycles. The number of pyridine rings is 2. The van der Waals surface area contributed by atoms with Gasteiger partial charge >= 0.3 is 0 Å². The van der Waals surface area contributed by atoms with Gasteiger partial charge in [0.05, 0.1) is 5.69 Å². The molecule has 2 aromatic heterocycles. The van der Waals surface area contributed by atoms with Gasteiger partial charge in [-0.05, 0) is 56.9 Å². The Morgan fingerprint density at radius 2 is 1.19 bits per heavy atom. The number of rotatable bonds is 1. The molecule has 26 heavy (non-hydrogen) atoms. The SMILES string of the molecule is Cc1cc(C)c(N2c3ncc(C)cc3[S+]([O-])c3cc(C)cnc32)c(C)c1. The Morgan fingerprint density at radius 3 is 1.65 bits per heavy atom. The summed E-state index contributed by atoms with van der Waals surface area (Å²) in [5.74, 6) is 1.40. The Kier molecular flexibility index (Phi) is 4.01. The fourth-order valence-corrected chi connectivity index (χ4v) is 5.08. The Morgan fingerprint density at radius 1 is 0.731 bits per heavy atom. The number of fused-ring (bicyclic) bond motifs is 2. The zero-order valence-corrected chi connectivity index (χ0v) is 16.4. The summed E-state index contributed by atoms with van der Waals surface area (Å²) in [6.07, 6.45) is 3.64. The lowest BCUT2D eigenvalue weighted by atomic mass is 10.0. The van der Waals surface area contributed by atoms with Gasteiger partial charge in [-0.1, -0.05) is 17.7 Å². The van der Waals surface area contributed by atoms with Crippen molar-refractivity contribution in [3.63, 3.8) is 0 Å². The van der Waals surface area contributed by atoms with Crippen molar-refractivity contribution in [2.75, 3.05) is 4.90 Å². The summed E-state index contributed by atoms with van der Waals surface area (Å²) in [5, 5.41) is 0. The number of hydrogen-bond acceptors (Lipinski definition) is 4. The van der Waals surface area contributed by atoms with Crippen molar-refractivity contribution in [1.29, 1.82) is 0 Å². The zero-order valence-electron chi connectivity index (χ0n) is 15.6. The van der Waals surface area contributed by atoms with Gasteiger partial charge in [0.15, 0.2) is 11.6 Å². The first-order valence-electron chi connectivity index (χ1n) is 8.60. The molecule has 1 aliphatic heterocycles. The highest BCUT2D eigenvalue weighted by Crippen LogP contribution is 2.48. The molecule has 0 amide bonds. The van der Waals surface area contributed by atoms with Crippen molar-refractivity contribution in [3.8, 4) is 0 Å². The van der Waals surface area contributed by atoms with E-state index in [-0.39, 0.29) is 0 Å². The Balaban J connectivity index is 2.06. The first-order valence-corrected chi connectivity index (χ1v) is 9.75. The smallest absolute Gasteiger partial charge is 0.202 e. The molecule has 4 rings (SSSR count). The molecule has 0 unspecified atom stereocenters. The summed E-state index contributed by atoms with van der Waals surface area (Å²) >= 11 is -1.29. The molecule has 0 N–H and O–H groups in total. The van der Waals surface area contributed by atoms with Crippen LogP contribution in [0.15, 0.2) is 46.5 Å². The van der Waals surface area contributed by atoms with E-state index in [2.05, 4.69) is 47.8 Å². The van der Waals surface area contributed by atoms with Crippen LogP contribution >= 0.6 is 0 Å². The van der Waals surface area contributed by atoms with Gasteiger partial charge < -0.3 is 4.55 Å². The lowest BCUT2D eigenvalue weighted by Gasteiger charge is -2.33. The fourth-order valence-electron chi connectivity index (χ4n) is 3.63. The highest BCUT2D eigenvalue weighted by atomic mass is 32.2. The molecule has 3 aromatic rings. The summed E-state index contributed by atoms with van der Waals surface area (Å²) < 4.78 is 13.2. The van der Waals surface area contributed by atoms with Crippen molar-refractivity contribution in [2.45, 2.75) is 44.4 Å². The van der Waals surface area contributed by atoms with Gasteiger partial charge in [0.25, 0.3) is 0 Å². The summed E-state index contributed by atoms with van der Waals surface area (Å²) in [6, 6.07) is 8.26. The van der Waals surface area contributed by atoms with Crippen molar-refractivity contribution in [2.24, 2.45) is 0 Å². The van der Waals surface area contributed by atoms with Gasteiger partial charge in [0.1, 0.15) is 0 Å². The van der Waals surface area contributed by atoms with Crippen molar-refractivity contribution in [3.05, 3.63) is 64.5 Å². The van der Waals surface area contributed by atoms with Crippen LogP contribution in [-0.4, -0.2) is 14.5 Å². The van der Waals surface area contributed by atoms with E-state index in [9.17, 15) is 4.55 Å². The third-order valence-electron chi connectivity index (χ3n) is 4.62. The van der Waals surface area contributed by atoms with E-state index < -0.39 is 11.2 Å². The highest BCUT2D eigenvalue weighted by Gasteiger charge is 2.38. The standard InChI is InChI=1S/C21H21N3OS/c1-12-6-15(4)19(16(5)7-12)24-20-17(8-13(2)10-22-20)26(25)18-9-14(3)11-23-21(18)24/h6-11H,1-5H3. The van der Waals surface area contributed by atoms with Crippen LogP contribution in [0.5, 0.6) is 0 Å². The first-order chi connectivity index (χ1) is 12.4. The summed E-state index contributed by atoms with van der Waals surface area (Å²) in [7, 11) is 0. The van der Waals surface area contributed by atoms with Crippen LogP contribution in [0, 0.1) is 34.6 Å². The topological polar surface area (TPSA) is 52.1 Å². The van der Waals surface area contributed by atoms with E-state index in [1.807, 2.05) is 38.4 Å². The molecule has 5 heteroatoms. The quantitative estimate of drug-likeness (QED) is 0.573. The molecule has 4 nitrogen and oxygen atoms in total. The monoisotopic (exact) mass is 363 g/mol. The number of aromatic nitrogens is 2. The number of benzene rings is 1. The van der Waals surface area contributed by atoms with E-state index in [4.69, 9.17) is 0 Å². The van der Waals surface area contributed by atoms with E-state index in [0.29, 0.717) is 11.6 Å². The lowest BCUT2D eigenvalue weighted by molar-refractivity contribution is 0.592. The van der Waals surface area contributed by atoms with Crippen LogP contribution in [0.1, 0.15) is 27.8 Å². The largest absolute Gasteiger partial charge is 0.606 e. The maximum absolute atomic E-state index is 13.2. The second kappa shape index (κ2) is 6.11. The Bertz CT molecular complexity index is 955. The number of aryl methyl sites for hydroxylation is 5. The normalized spacial score (nSPS) is 13.5. The first kappa shape index (κ1) is 17.1. The predicted octanol–water partition coefficient (Wildman–Crippen LogP) is 4.97. The predicted molar refractivity (Wildman–Crippen MR) is 105 cm³/mol. The summed E-state index contributed by atoms with van der Waals surface area (Å²) in [6.45, 7) is 10.2. The minimum absolute atomic E-state index is 0.702. The number of anilines is 3. The van der Waals surface area contributed by atoms with Crippen LogP contribution in [0.4, 0.5) is 17.3 Å². The van der Waals surface area contributed by atoms with E-state index >= 15 is 0 Å². The van der Waals surface area contributed by atoms with Gasteiger partial charge in [0.2, 0.25) is 9.79 Å². The second-order valence-corrected chi connectivity index (χ2v) is 8.44. The average Bonchev–Trinajstić information content (AvgIpc) is 2.57. The van der Waals surface area contributed by atoms with Crippen molar-refractivity contribution >= 4 is 28.5 Å². The molecule has 1 aliphatic rings.